The molecule has 0 unspecified atom stereocenters. The monoisotopic (exact) mass is 573 g/mol. The molecule has 5 rings (SSSR count). The van der Waals surface area contributed by atoms with Crippen LogP contribution in [0.25, 0.3) is 28.2 Å². The number of likely N-dealkylation sites (tertiary alicyclic amines) is 1. The Kier molecular flexibility index (Phi) is 7.70. The molecule has 1 aliphatic rings. The van der Waals surface area contributed by atoms with E-state index < -0.39 is 17.7 Å². The molecule has 1 N–H and O–H groups in total. The van der Waals surface area contributed by atoms with Crippen LogP contribution in [-0.2, 0) is 9.53 Å². The summed E-state index contributed by atoms with van der Waals surface area (Å²) < 4.78 is 12.7. The third-order valence-electron chi connectivity index (χ3n) is 7.76. The molecule has 0 saturated carbocycles. The minimum Gasteiger partial charge on any atom is -0.493 e. The molecule has 222 valence electrons. The fourth-order valence-electron chi connectivity index (χ4n) is 5.29. The number of nitrogens with zero attached hydrogens (tertiary/aromatic N) is 6. The van der Waals surface area contributed by atoms with Gasteiger partial charge in [-0.15, -0.1) is 0 Å². The molecule has 4 aromatic rings. The number of pyridine rings is 1. The molecule has 1 aliphatic heterocycles. The summed E-state index contributed by atoms with van der Waals surface area (Å²) in [6, 6.07) is 9.40. The molecule has 0 bridgehead atoms. The Labute approximate surface area is 245 Å². The highest BCUT2D eigenvalue weighted by Crippen LogP contribution is 2.37. The van der Waals surface area contributed by atoms with E-state index in [0.29, 0.717) is 24.4 Å². The van der Waals surface area contributed by atoms with Crippen LogP contribution in [0.15, 0.2) is 42.9 Å². The van der Waals surface area contributed by atoms with E-state index in [2.05, 4.69) is 29.0 Å². The van der Waals surface area contributed by atoms with Crippen LogP contribution >= 0.6 is 0 Å². The normalized spacial score (nSPS) is 15.9. The van der Waals surface area contributed by atoms with Gasteiger partial charge in [0.2, 0.25) is 5.91 Å². The van der Waals surface area contributed by atoms with Gasteiger partial charge in [-0.25, -0.2) is 14.3 Å². The predicted octanol–water partition coefficient (Wildman–Crippen LogP) is 5.45. The Morgan fingerprint density at radius 2 is 1.83 bits per heavy atom. The molecule has 0 radical (unpaired) electrons. The first kappa shape index (κ1) is 29.1. The van der Waals surface area contributed by atoms with Crippen LogP contribution in [0.4, 0.5) is 4.79 Å². The molecule has 2 atom stereocenters. The van der Waals surface area contributed by atoms with Crippen molar-refractivity contribution in [3.05, 3.63) is 54.0 Å². The van der Waals surface area contributed by atoms with Crippen molar-refractivity contribution in [2.24, 2.45) is 0 Å². The highest BCUT2D eigenvalue weighted by molar-refractivity contribution is 5.87. The SMILES string of the molecule is COc1cc(-c2n[nH]c(-c3ccc([C@H](C)N(C)C(=O)[C@@H]4CCN4C(=O)OC(C)(C)C)cc3)c2C(C)C)cn2ncnc12. The summed E-state index contributed by atoms with van der Waals surface area (Å²) in [5.74, 6) is 0.713. The lowest BCUT2D eigenvalue weighted by Gasteiger charge is -2.42. The molecular formula is C31H39N7O4. The maximum Gasteiger partial charge on any atom is 0.410 e. The average Bonchev–Trinajstić information content (AvgIpc) is 3.57. The van der Waals surface area contributed by atoms with E-state index in [1.54, 1.807) is 23.6 Å². The first-order valence-electron chi connectivity index (χ1n) is 14.2. The van der Waals surface area contributed by atoms with E-state index >= 15 is 0 Å². The number of hydrogen-bond acceptors (Lipinski definition) is 7. The molecule has 1 fully saturated rings. The Morgan fingerprint density at radius 3 is 2.43 bits per heavy atom. The molecule has 1 aromatic carbocycles. The number of hydrogen-bond donors (Lipinski definition) is 1. The van der Waals surface area contributed by atoms with Crippen LogP contribution in [0.3, 0.4) is 0 Å². The highest BCUT2D eigenvalue weighted by Gasteiger charge is 2.42. The number of aromatic amines is 1. The quantitative estimate of drug-likeness (QED) is 0.312. The zero-order valence-electron chi connectivity index (χ0n) is 25.5. The van der Waals surface area contributed by atoms with Crippen molar-refractivity contribution in [3.8, 4) is 28.3 Å². The number of H-pyrrole nitrogens is 1. The molecular weight excluding hydrogens is 534 g/mol. The van der Waals surface area contributed by atoms with Crippen molar-refractivity contribution >= 4 is 17.6 Å². The molecule has 0 aliphatic carbocycles. The lowest BCUT2D eigenvalue weighted by molar-refractivity contribution is -0.141. The third-order valence-corrected chi connectivity index (χ3v) is 7.76. The summed E-state index contributed by atoms with van der Waals surface area (Å²) in [6.07, 6.45) is 3.58. The van der Waals surface area contributed by atoms with Crippen LogP contribution in [0.5, 0.6) is 5.75 Å². The second kappa shape index (κ2) is 11.1. The second-order valence-corrected chi connectivity index (χ2v) is 12.1. The van der Waals surface area contributed by atoms with Crippen LogP contribution in [-0.4, -0.2) is 78.9 Å². The molecule has 4 heterocycles. The van der Waals surface area contributed by atoms with E-state index in [-0.39, 0.29) is 17.9 Å². The number of carbonyl (C=O) groups excluding carboxylic acids is 2. The number of rotatable bonds is 7. The molecule has 42 heavy (non-hydrogen) atoms. The largest absolute Gasteiger partial charge is 0.493 e. The molecule has 11 nitrogen and oxygen atoms in total. The average molecular weight is 574 g/mol. The van der Waals surface area contributed by atoms with Gasteiger partial charge in [0.25, 0.3) is 0 Å². The highest BCUT2D eigenvalue weighted by atomic mass is 16.6. The number of carbonyl (C=O) groups is 2. The summed E-state index contributed by atoms with van der Waals surface area (Å²) >= 11 is 0. The molecule has 11 heteroatoms. The van der Waals surface area contributed by atoms with Gasteiger partial charge in [0.15, 0.2) is 11.4 Å². The molecule has 3 aromatic heterocycles. The van der Waals surface area contributed by atoms with Gasteiger partial charge in [0, 0.05) is 30.9 Å². The fraction of sp³-hybridized carbons (Fsp3) is 0.452. The number of fused-ring (bicyclic) bond motifs is 1. The number of nitrogens with one attached hydrogen (secondary N) is 1. The van der Waals surface area contributed by atoms with Gasteiger partial charge in [-0.3, -0.25) is 14.8 Å². The van der Waals surface area contributed by atoms with Crippen LogP contribution < -0.4 is 4.74 Å². The minimum absolute atomic E-state index is 0.0937. The fourth-order valence-corrected chi connectivity index (χ4v) is 5.29. The van der Waals surface area contributed by atoms with Crippen molar-refractivity contribution in [3.63, 3.8) is 0 Å². The Morgan fingerprint density at radius 1 is 1.12 bits per heavy atom. The second-order valence-electron chi connectivity index (χ2n) is 12.1. The van der Waals surface area contributed by atoms with Gasteiger partial charge in [-0.05, 0) is 57.2 Å². The number of methoxy groups -OCH3 is 1. The Hall–Kier alpha value is -4.41. The summed E-state index contributed by atoms with van der Waals surface area (Å²) in [7, 11) is 3.40. The van der Waals surface area contributed by atoms with Gasteiger partial charge in [0.05, 0.1) is 24.5 Å². The maximum atomic E-state index is 13.3. The van der Waals surface area contributed by atoms with Crippen LogP contribution in [0.2, 0.25) is 0 Å². The van der Waals surface area contributed by atoms with Crippen LogP contribution in [0, 0.1) is 0 Å². The van der Waals surface area contributed by atoms with E-state index in [0.717, 1.165) is 33.6 Å². The topological polar surface area (TPSA) is 118 Å². The van der Waals surface area contributed by atoms with Crippen molar-refractivity contribution in [2.75, 3.05) is 20.7 Å². The molecule has 2 amide bonds. The Balaban J connectivity index is 1.36. The predicted molar refractivity (Wildman–Crippen MR) is 159 cm³/mol. The number of aromatic nitrogens is 5. The van der Waals surface area contributed by atoms with Gasteiger partial charge >= 0.3 is 6.09 Å². The zero-order valence-corrected chi connectivity index (χ0v) is 25.5. The van der Waals surface area contributed by atoms with Gasteiger partial charge < -0.3 is 14.4 Å². The van der Waals surface area contributed by atoms with Gasteiger partial charge in [-0.2, -0.15) is 10.2 Å². The lowest BCUT2D eigenvalue weighted by atomic mass is 9.93. The standard InChI is InChI=1S/C31H39N7O4/c1-18(2)25-26(34-35-27(25)22-15-24(41-8)28-32-17-33-38(28)16-22)21-11-9-20(10-12-21)19(3)36(7)29(39)23-13-14-37(23)30(40)42-31(4,5)6/h9-12,15-19,23H,13-14H2,1-8H3,(H,34,35)/t19-,23-/m0/s1. The van der Waals surface area contributed by atoms with E-state index in [1.165, 1.54) is 11.2 Å². The summed E-state index contributed by atoms with van der Waals surface area (Å²) in [5.41, 5.74) is 5.73. The van der Waals surface area contributed by atoms with Crippen molar-refractivity contribution in [2.45, 2.75) is 71.6 Å². The van der Waals surface area contributed by atoms with E-state index in [9.17, 15) is 9.59 Å². The summed E-state index contributed by atoms with van der Waals surface area (Å²) in [4.78, 5) is 33.4. The van der Waals surface area contributed by atoms with Gasteiger partial charge in [0.1, 0.15) is 18.0 Å². The first-order chi connectivity index (χ1) is 19.9. The minimum atomic E-state index is -0.607. The zero-order chi connectivity index (χ0) is 30.3. The lowest BCUT2D eigenvalue weighted by Crippen LogP contribution is -2.59. The number of benzene rings is 1. The van der Waals surface area contributed by atoms with Crippen LogP contribution in [0.1, 0.15) is 71.0 Å². The summed E-state index contributed by atoms with van der Waals surface area (Å²) in [6.45, 7) is 12.3. The van der Waals surface area contributed by atoms with Crippen molar-refractivity contribution in [1.82, 2.24) is 34.6 Å². The van der Waals surface area contributed by atoms with E-state index in [4.69, 9.17) is 14.6 Å². The number of amides is 2. The third kappa shape index (κ3) is 5.43. The van der Waals surface area contributed by atoms with E-state index in [1.807, 2.05) is 64.2 Å². The molecule has 0 spiro atoms. The molecule has 1 saturated heterocycles. The number of ether oxygens (including phenoxy) is 2. The first-order valence-corrected chi connectivity index (χ1v) is 14.2. The maximum absolute atomic E-state index is 13.3. The Bertz CT molecular complexity index is 1600. The van der Waals surface area contributed by atoms with Gasteiger partial charge in [-0.1, -0.05) is 38.1 Å². The summed E-state index contributed by atoms with van der Waals surface area (Å²) in [5, 5.41) is 12.2. The smallest absolute Gasteiger partial charge is 0.410 e. The number of likely N-dealkylation sites (N-methyl/N-ethyl adjacent to an activating group) is 1. The van der Waals surface area contributed by atoms with Crippen molar-refractivity contribution < 1.29 is 19.1 Å². The van der Waals surface area contributed by atoms with Crippen molar-refractivity contribution in [1.29, 1.82) is 0 Å².